The minimum Gasteiger partial charge on any atom is -0.396 e. The van der Waals surface area contributed by atoms with Crippen LogP contribution in [0.3, 0.4) is 0 Å². The molecule has 1 aromatic rings. The van der Waals surface area contributed by atoms with Crippen LogP contribution in [0.15, 0.2) is 12.1 Å². The SMILES string of the molecule is Nc1cc(C(N)CO)cc(F)c1F. The molecule has 0 saturated carbocycles. The molecule has 1 atom stereocenters. The summed E-state index contributed by atoms with van der Waals surface area (Å²) in [4.78, 5) is 0. The highest BCUT2D eigenvalue weighted by atomic mass is 19.2. The van der Waals surface area contributed by atoms with Crippen molar-refractivity contribution < 1.29 is 13.9 Å². The molecule has 1 aromatic carbocycles. The zero-order valence-corrected chi connectivity index (χ0v) is 6.80. The van der Waals surface area contributed by atoms with Crippen molar-refractivity contribution in [3.63, 3.8) is 0 Å². The number of nitrogens with two attached hydrogens (primary N) is 2. The van der Waals surface area contributed by atoms with Crippen LogP contribution < -0.4 is 11.5 Å². The summed E-state index contributed by atoms with van der Waals surface area (Å²) in [5, 5.41) is 8.66. The van der Waals surface area contributed by atoms with Crippen molar-refractivity contribution in [3.05, 3.63) is 29.3 Å². The normalized spacial score (nSPS) is 12.9. The van der Waals surface area contributed by atoms with Crippen molar-refractivity contribution in [2.24, 2.45) is 5.73 Å². The summed E-state index contributed by atoms with van der Waals surface area (Å²) in [5.41, 5.74) is 10.5. The van der Waals surface area contributed by atoms with E-state index in [1.165, 1.54) is 6.07 Å². The van der Waals surface area contributed by atoms with Crippen molar-refractivity contribution in [3.8, 4) is 0 Å². The average Bonchev–Trinajstić information content (AvgIpc) is 2.12. The molecule has 0 aromatic heterocycles. The number of nitrogen functional groups attached to an aromatic ring is 1. The lowest BCUT2D eigenvalue weighted by molar-refractivity contribution is 0.267. The molecule has 0 aliphatic heterocycles. The molecule has 0 spiro atoms. The van der Waals surface area contributed by atoms with E-state index in [-0.39, 0.29) is 17.9 Å². The summed E-state index contributed by atoms with van der Waals surface area (Å²) in [6, 6.07) is 1.39. The van der Waals surface area contributed by atoms with Gasteiger partial charge in [-0.05, 0) is 17.7 Å². The zero-order chi connectivity index (χ0) is 10.0. The average molecular weight is 188 g/mol. The number of hydrogen-bond acceptors (Lipinski definition) is 3. The van der Waals surface area contributed by atoms with Crippen LogP contribution in [-0.4, -0.2) is 11.7 Å². The fraction of sp³-hybridized carbons (Fsp3) is 0.250. The lowest BCUT2D eigenvalue weighted by Crippen LogP contribution is -2.15. The van der Waals surface area contributed by atoms with Gasteiger partial charge in [0.1, 0.15) is 0 Å². The number of aliphatic hydroxyl groups is 1. The van der Waals surface area contributed by atoms with E-state index in [4.69, 9.17) is 16.6 Å². The molecule has 0 saturated heterocycles. The van der Waals surface area contributed by atoms with E-state index in [1.807, 2.05) is 0 Å². The molecule has 0 heterocycles. The van der Waals surface area contributed by atoms with E-state index in [2.05, 4.69) is 0 Å². The van der Waals surface area contributed by atoms with E-state index in [0.717, 1.165) is 6.07 Å². The minimum atomic E-state index is -1.09. The summed E-state index contributed by atoms with van der Waals surface area (Å²) in [7, 11) is 0. The Balaban J connectivity index is 3.13. The van der Waals surface area contributed by atoms with E-state index in [0.29, 0.717) is 0 Å². The van der Waals surface area contributed by atoms with Crippen molar-refractivity contribution in [1.82, 2.24) is 0 Å². The number of rotatable bonds is 2. The Hall–Kier alpha value is -1.20. The number of hydrogen-bond donors (Lipinski definition) is 3. The maximum atomic E-state index is 12.7. The van der Waals surface area contributed by atoms with Crippen LogP contribution in [0.4, 0.5) is 14.5 Å². The van der Waals surface area contributed by atoms with Crippen LogP contribution in [-0.2, 0) is 0 Å². The number of aliphatic hydroxyl groups excluding tert-OH is 1. The lowest BCUT2D eigenvalue weighted by Gasteiger charge is -2.09. The van der Waals surface area contributed by atoms with Crippen LogP contribution in [0.1, 0.15) is 11.6 Å². The summed E-state index contributed by atoms with van der Waals surface area (Å²) >= 11 is 0. The predicted octanol–water partition coefficient (Wildman–Crippen LogP) is 0.539. The van der Waals surface area contributed by atoms with Crippen LogP contribution in [0.5, 0.6) is 0 Å². The zero-order valence-electron chi connectivity index (χ0n) is 6.80. The Morgan fingerprint density at radius 2 is 2.00 bits per heavy atom. The van der Waals surface area contributed by atoms with E-state index in [9.17, 15) is 8.78 Å². The first kappa shape index (κ1) is 9.88. The quantitative estimate of drug-likeness (QED) is 0.593. The Morgan fingerprint density at radius 3 is 2.46 bits per heavy atom. The third-order valence-electron chi connectivity index (χ3n) is 1.70. The molecular weight excluding hydrogens is 178 g/mol. The van der Waals surface area contributed by atoms with Gasteiger partial charge in [-0.25, -0.2) is 8.78 Å². The fourth-order valence-corrected chi connectivity index (χ4v) is 0.952. The molecule has 0 aliphatic rings. The van der Waals surface area contributed by atoms with Gasteiger partial charge in [-0.3, -0.25) is 0 Å². The molecule has 3 nitrogen and oxygen atoms in total. The molecule has 0 aliphatic carbocycles. The Kier molecular flexibility index (Phi) is 2.79. The van der Waals surface area contributed by atoms with Gasteiger partial charge in [0.2, 0.25) is 0 Å². The van der Waals surface area contributed by atoms with Crippen molar-refractivity contribution in [2.45, 2.75) is 6.04 Å². The second-order valence-electron chi connectivity index (χ2n) is 2.70. The predicted molar refractivity (Wildman–Crippen MR) is 44.8 cm³/mol. The van der Waals surface area contributed by atoms with Crippen molar-refractivity contribution >= 4 is 5.69 Å². The van der Waals surface area contributed by atoms with Crippen LogP contribution in [0, 0.1) is 11.6 Å². The van der Waals surface area contributed by atoms with Gasteiger partial charge in [0.25, 0.3) is 0 Å². The van der Waals surface area contributed by atoms with Crippen LogP contribution in [0.2, 0.25) is 0 Å². The van der Waals surface area contributed by atoms with Crippen LogP contribution in [0.25, 0.3) is 0 Å². The second kappa shape index (κ2) is 3.67. The standard InChI is InChI=1S/C8H10F2N2O/c9-5-1-4(7(12)3-13)2-6(11)8(5)10/h1-2,7,13H,3,11-12H2. The summed E-state index contributed by atoms with van der Waals surface area (Å²) in [6.07, 6.45) is 0. The summed E-state index contributed by atoms with van der Waals surface area (Å²) < 4.78 is 25.4. The highest BCUT2D eigenvalue weighted by Crippen LogP contribution is 2.20. The molecular formula is C8H10F2N2O. The smallest absolute Gasteiger partial charge is 0.181 e. The molecule has 1 rings (SSSR count). The maximum absolute atomic E-state index is 12.7. The lowest BCUT2D eigenvalue weighted by atomic mass is 10.1. The molecule has 5 N–H and O–H groups in total. The van der Waals surface area contributed by atoms with Crippen LogP contribution >= 0.6 is 0 Å². The second-order valence-corrected chi connectivity index (χ2v) is 2.70. The van der Waals surface area contributed by atoms with E-state index < -0.39 is 17.7 Å². The highest BCUT2D eigenvalue weighted by molar-refractivity contribution is 5.44. The Morgan fingerprint density at radius 1 is 1.38 bits per heavy atom. The molecule has 13 heavy (non-hydrogen) atoms. The van der Waals surface area contributed by atoms with Gasteiger partial charge in [-0.15, -0.1) is 0 Å². The van der Waals surface area contributed by atoms with Gasteiger partial charge in [-0.2, -0.15) is 0 Å². The first-order chi connectivity index (χ1) is 6.06. The molecule has 1 unspecified atom stereocenters. The van der Waals surface area contributed by atoms with Gasteiger partial charge in [0, 0.05) is 0 Å². The first-order valence-corrected chi connectivity index (χ1v) is 3.67. The third kappa shape index (κ3) is 1.93. The molecule has 5 heteroatoms. The fourth-order valence-electron chi connectivity index (χ4n) is 0.952. The maximum Gasteiger partial charge on any atom is 0.181 e. The number of benzene rings is 1. The molecule has 0 fully saturated rings. The van der Waals surface area contributed by atoms with Gasteiger partial charge < -0.3 is 16.6 Å². The first-order valence-electron chi connectivity index (χ1n) is 3.67. The number of anilines is 1. The summed E-state index contributed by atoms with van der Waals surface area (Å²) in [5.74, 6) is -2.15. The number of halogens is 2. The van der Waals surface area contributed by atoms with Crippen molar-refractivity contribution in [1.29, 1.82) is 0 Å². The molecule has 0 radical (unpaired) electrons. The van der Waals surface area contributed by atoms with Gasteiger partial charge in [0.05, 0.1) is 18.3 Å². The molecule has 72 valence electrons. The topological polar surface area (TPSA) is 72.3 Å². The molecule has 0 bridgehead atoms. The van der Waals surface area contributed by atoms with E-state index >= 15 is 0 Å². The van der Waals surface area contributed by atoms with Gasteiger partial charge in [0.15, 0.2) is 11.6 Å². The Labute approximate surface area is 74.0 Å². The highest BCUT2D eigenvalue weighted by Gasteiger charge is 2.11. The minimum absolute atomic E-state index is 0.277. The summed E-state index contributed by atoms with van der Waals surface area (Å²) in [6.45, 7) is -0.343. The molecule has 0 amide bonds. The monoisotopic (exact) mass is 188 g/mol. The van der Waals surface area contributed by atoms with Gasteiger partial charge >= 0.3 is 0 Å². The van der Waals surface area contributed by atoms with Gasteiger partial charge in [-0.1, -0.05) is 0 Å². The Bertz CT molecular complexity index is 294. The third-order valence-corrected chi connectivity index (χ3v) is 1.70. The largest absolute Gasteiger partial charge is 0.396 e. The van der Waals surface area contributed by atoms with Crippen molar-refractivity contribution in [2.75, 3.05) is 12.3 Å². The van der Waals surface area contributed by atoms with E-state index in [1.54, 1.807) is 0 Å².